The fourth-order valence-corrected chi connectivity index (χ4v) is 3.33. The number of rotatable bonds is 7. The standard InChI is InChI=1S/C15H18N4O5S/c1-9-12(13(20)19-15(16)18-9)3-2-8-17-25(23,24)11-6-4-10(5-7-11)14(21)22/h4-7,17H,2-3,8H2,1H3,(H,21,22)(H3,16,18,19,20). The van der Waals surface area contributed by atoms with E-state index in [0.29, 0.717) is 24.1 Å². The number of nitrogens with one attached hydrogen (secondary N) is 2. The SMILES string of the molecule is Cc1nc(N)[nH]c(=O)c1CCCNS(=O)(=O)c1ccc(C(=O)O)cc1. The number of anilines is 1. The van der Waals surface area contributed by atoms with Crippen LogP contribution >= 0.6 is 0 Å². The van der Waals surface area contributed by atoms with Crippen molar-refractivity contribution in [1.82, 2.24) is 14.7 Å². The molecule has 25 heavy (non-hydrogen) atoms. The van der Waals surface area contributed by atoms with Crippen LogP contribution in [0.4, 0.5) is 5.95 Å². The smallest absolute Gasteiger partial charge is 0.335 e. The molecule has 0 aliphatic heterocycles. The third-order valence-corrected chi connectivity index (χ3v) is 5.02. The Morgan fingerprint density at radius 2 is 1.96 bits per heavy atom. The van der Waals surface area contributed by atoms with Crippen molar-refractivity contribution in [3.8, 4) is 0 Å². The van der Waals surface area contributed by atoms with Gasteiger partial charge in [-0.15, -0.1) is 0 Å². The molecule has 1 aromatic carbocycles. The van der Waals surface area contributed by atoms with Crippen molar-refractivity contribution in [2.24, 2.45) is 0 Å². The Morgan fingerprint density at radius 1 is 1.32 bits per heavy atom. The Bertz CT molecular complexity index is 935. The van der Waals surface area contributed by atoms with Gasteiger partial charge in [-0.25, -0.2) is 22.9 Å². The van der Waals surface area contributed by atoms with Crippen LogP contribution in [0.15, 0.2) is 34.0 Å². The second-order valence-corrected chi connectivity index (χ2v) is 7.11. The molecule has 0 fully saturated rings. The molecule has 9 nitrogen and oxygen atoms in total. The van der Waals surface area contributed by atoms with E-state index >= 15 is 0 Å². The first-order valence-electron chi connectivity index (χ1n) is 7.39. The van der Waals surface area contributed by atoms with Crippen LogP contribution in [-0.4, -0.2) is 36.0 Å². The summed E-state index contributed by atoms with van der Waals surface area (Å²) in [5.74, 6) is -1.09. The van der Waals surface area contributed by atoms with Gasteiger partial charge in [-0.1, -0.05) is 0 Å². The second-order valence-electron chi connectivity index (χ2n) is 5.35. The van der Waals surface area contributed by atoms with Crippen molar-refractivity contribution in [3.05, 3.63) is 51.4 Å². The van der Waals surface area contributed by atoms with E-state index < -0.39 is 16.0 Å². The summed E-state index contributed by atoms with van der Waals surface area (Å²) >= 11 is 0. The average Bonchev–Trinajstić information content (AvgIpc) is 2.53. The number of carbonyl (C=O) groups is 1. The van der Waals surface area contributed by atoms with Gasteiger partial charge >= 0.3 is 5.97 Å². The van der Waals surface area contributed by atoms with Crippen molar-refractivity contribution in [1.29, 1.82) is 0 Å². The van der Waals surface area contributed by atoms with Gasteiger partial charge in [0, 0.05) is 17.8 Å². The minimum Gasteiger partial charge on any atom is -0.478 e. The van der Waals surface area contributed by atoms with Crippen molar-refractivity contribution in [2.75, 3.05) is 12.3 Å². The lowest BCUT2D eigenvalue weighted by Gasteiger charge is -2.08. The van der Waals surface area contributed by atoms with Gasteiger partial charge in [-0.05, 0) is 44.0 Å². The van der Waals surface area contributed by atoms with Gasteiger partial charge in [0.1, 0.15) is 0 Å². The molecule has 0 aliphatic rings. The van der Waals surface area contributed by atoms with Gasteiger partial charge < -0.3 is 10.8 Å². The predicted molar refractivity (Wildman–Crippen MR) is 90.9 cm³/mol. The molecule has 5 N–H and O–H groups in total. The number of nitrogen functional groups attached to an aromatic ring is 1. The van der Waals surface area contributed by atoms with E-state index in [1.165, 1.54) is 24.3 Å². The molecular weight excluding hydrogens is 348 g/mol. The topological polar surface area (TPSA) is 155 Å². The minimum atomic E-state index is -3.75. The number of nitrogens with two attached hydrogens (primary N) is 1. The van der Waals surface area contributed by atoms with Crippen LogP contribution in [0, 0.1) is 6.92 Å². The van der Waals surface area contributed by atoms with Crippen molar-refractivity contribution in [2.45, 2.75) is 24.7 Å². The van der Waals surface area contributed by atoms with Gasteiger partial charge in [0.2, 0.25) is 16.0 Å². The zero-order valence-electron chi connectivity index (χ0n) is 13.4. The van der Waals surface area contributed by atoms with Crippen LogP contribution < -0.4 is 16.0 Å². The molecular formula is C15H18N4O5S. The third kappa shape index (κ3) is 4.64. The second kappa shape index (κ2) is 7.45. The quantitative estimate of drug-likeness (QED) is 0.512. The van der Waals surface area contributed by atoms with Crippen LogP contribution in [0.5, 0.6) is 0 Å². The third-order valence-electron chi connectivity index (χ3n) is 3.55. The molecule has 0 bridgehead atoms. The van der Waals surface area contributed by atoms with Gasteiger partial charge in [0.15, 0.2) is 0 Å². The lowest BCUT2D eigenvalue weighted by molar-refractivity contribution is 0.0696. The predicted octanol–water partition coefficient (Wildman–Crippen LogP) is 0.270. The molecule has 2 rings (SSSR count). The molecule has 134 valence electrons. The first kappa shape index (κ1) is 18.6. The number of aromatic carboxylic acids is 1. The number of aryl methyl sites for hydroxylation is 1. The number of carboxylic acids is 1. The van der Waals surface area contributed by atoms with E-state index in [9.17, 15) is 18.0 Å². The molecule has 1 heterocycles. The summed E-state index contributed by atoms with van der Waals surface area (Å²) in [5, 5.41) is 8.82. The number of aromatic amines is 1. The fourth-order valence-electron chi connectivity index (χ4n) is 2.26. The molecule has 0 amide bonds. The van der Waals surface area contributed by atoms with E-state index in [1.807, 2.05) is 0 Å². The van der Waals surface area contributed by atoms with E-state index in [-0.39, 0.29) is 28.5 Å². The maximum atomic E-state index is 12.1. The van der Waals surface area contributed by atoms with Crippen LogP contribution in [0.1, 0.15) is 28.0 Å². The molecule has 2 aromatic rings. The summed E-state index contributed by atoms with van der Waals surface area (Å²) in [6.45, 7) is 1.78. The summed E-state index contributed by atoms with van der Waals surface area (Å²) < 4.78 is 26.7. The molecule has 10 heteroatoms. The number of nitrogens with zero attached hydrogens (tertiary/aromatic N) is 1. The molecule has 1 aromatic heterocycles. The molecule has 0 saturated carbocycles. The Balaban J connectivity index is 1.97. The number of H-pyrrole nitrogens is 1. The Labute approximate surface area is 144 Å². The fraction of sp³-hybridized carbons (Fsp3) is 0.267. The van der Waals surface area contributed by atoms with Crippen LogP contribution in [-0.2, 0) is 16.4 Å². The highest BCUT2D eigenvalue weighted by Crippen LogP contribution is 2.11. The first-order chi connectivity index (χ1) is 11.7. The van der Waals surface area contributed by atoms with Crippen molar-refractivity contribution in [3.63, 3.8) is 0 Å². The average molecular weight is 366 g/mol. The largest absolute Gasteiger partial charge is 0.478 e. The summed E-state index contributed by atoms with van der Waals surface area (Å²) in [5.41, 5.74) is 6.07. The van der Waals surface area contributed by atoms with Gasteiger partial charge in [-0.3, -0.25) is 9.78 Å². The molecule has 0 unspecified atom stereocenters. The number of carboxylic acid groups (broad SMARTS) is 1. The minimum absolute atomic E-state index is 0.00417. The molecule has 0 atom stereocenters. The summed E-state index contributed by atoms with van der Waals surface area (Å²) in [7, 11) is -3.75. The highest BCUT2D eigenvalue weighted by Gasteiger charge is 2.14. The summed E-state index contributed by atoms with van der Waals surface area (Å²) in [6, 6.07) is 4.90. The molecule has 0 saturated heterocycles. The maximum absolute atomic E-state index is 12.1. The van der Waals surface area contributed by atoms with Crippen LogP contribution in [0.2, 0.25) is 0 Å². The van der Waals surface area contributed by atoms with Gasteiger partial charge in [0.25, 0.3) is 5.56 Å². The highest BCUT2D eigenvalue weighted by molar-refractivity contribution is 7.89. The Hall–Kier alpha value is -2.72. The summed E-state index contributed by atoms with van der Waals surface area (Å²) in [6.07, 6.45) is 0.733. The zero-order valence-corrected chi connectivity index (χ0v) is 14.3. The Morgan fingerprint density at radius 3 is 2.52 bits per heavy atom. The molecule has 0 radical (unpaired) electrons. The number of aromatic nitrogens is 2. The number of hydrogen-bond acceptors (Lipinski definition) is 6. The lowest BCUT2D eigenvalue weighted by Crippen LogP contribution is -2.26. The lowest BCUT2D eigenvalue weighted by atomic mass is 10.1. The maximum Gasteiger partial charge on any atom is 0.335 e. The summed E-state index contributed by atoms with van der Waals surface area (Å²) in [4.78, 5) is 28.9. The highest BCUT2D eigenvalue weighted by atomic mass is 32.2. The normalized spacial score (nSPS) is 11.4. The van der Waals surface area contributed by atoms with Crippen molar-refractivity contribution < 1.29 is 18.3 Å². The van der Waals surface area contributed by atoms with E-state index in [0.717, 1.165) is 0 Å². The van der Waals surface area contributed by atoms with E-state index in [1.54, 1.807) is 6.92 Å². The number of sulfonamides is 1. The van der Waals surface area contributed by atoms with Gasteiger partial charge in [0.05, 0.1) is 10.5 Å². The van der Waals surface area contributed by atoms with Gasteiger partial charge in [-0.2, -0.15) is 0 Å². The Kier molecular flexibility index (Phi) is 5.55. The number of hydrogen-bond donors (Lipinski definition) is 4. The van der Waals surface area contributed by atoms with E-state index in [2.05, 4.69) is 14.7 Å². The van der Waals surface area contributed by atoms with Crippen molar-refractivity contribution >= 4 is 21.9 Å². The first-order valence-corrected chi connectivity index (χ1v) is 8.87. The molecule has 0 spiro atoms. The monoisotopic (exact) mass is 366 g/mol. The number of benzene rings is 1. The van der Waals surface area contributed by atoms with Crippen LogP contribution in [0.25, 0.3) is 0 Å². The zero-order chi connectivity index (χ0) is 18.6. The van der Waals surface area contributed by atoms with Crippen LogP contribution in [0.3, 0.4) is 0 Å². The van der Waals surface area contributed by atoms with E-state index in [4.69, 9.17) is 10.8 Å². The molecule has 0 aliphatic carbocycles.